The number of rotatable bonds is 3. The number of hydrogen-bond donors (Lipinski definition) is 1. The Morgan fingerprint density at radius 3 is 2.65 bits per heavy atom. The van der Waals surface area contributed by atoms with Gasteiger partial charge in [-0.15, -0.1) is 0 Å². The molecule has 0 unspecified atom stereocenters. The summed E-state index contributed by atoms with van der Waals surface area (Å²) in [7, 11) is 1.35. The molecule has 5 nitrogen and oxygen atoms in total. The minimum absolute atomic E-state index is 0.00263. The Morgan fingerprint density at radius 2 is 2.09 bits per heavy atom. The fourth-order valence-electron chi connectivity index (χ4n) is 4.02. The van der Waals surface area contributed by atoms with Crippen LogP contribution < -0.4 is 0 Å². The third kappa shape index (κ3) is 3.50. The summed E-state index contributed by atoms with van der Waals surface area (Å²) >= 11 is 0. The summed E-state index contributed by atoms with van der Waals surface area (Å²) < 4.78 is 10.2. The molecule has 0 aliphatic heterocycles. The number of hydrogen-bond acceptors (Lipinski definition) is 5. The van der Waals surface area contributed by atoms with Gasteiger partial charge >= 0.3 is 11.9 Å². The molecule has 0 radical (unpaired) electrons. The topological polar surface area (TPSA) is 72.8 Å². The zero-order valence-corrected chi connectivity index (χ0v) is 14.3. The predicted octanol–water partition coefficient (Wildman–Crippen LogP) is 2.39. The molecule has 1 fully saturated rings. The summed E-state index contributed by atoms with van der Waals surface area (Å²) in [5.41, 5.74) is 0.558. The van der Waals surface area contributed by atoms with Gasteiger partial charge in [0.25, 0.3) is 0 Å². The highest BCUT2D eigenvalue weighted by molar-refractivity contribution is 5.88. The molecule has 0 saturated heterocycles. The van der Waals surface area contributed by atoms with Gasteiger partial charge in [-0.2, -0.15) is 0 Å². The van der Waals surface area contributed by atoms with Crippen molar-refractivity contribution >= 4 is 11.9 Å². The number of ether oxygens (including phenoxy) is 2. The summed E-state index contributed by atoms with van der Waals surface area (Å²) in [6.07, 6.45) is 3.54. The fraction of sp³-hybridized carbons (Fsp3) is 0.667. The van der Waals surface area contributed by atoms with E-state index in [1.54, 1.807) is 0 Å². The summed E-state index contributed by atoms with van der Waals surface area (Å²) in [6.45, 7) is 9.04. The smallest absolute Gasteiger partial charge is 0.333 e. The van der Waals surface area contributed by atoms with Crippen LogP contribution >= 0.6 is 0 Å². The number of allylic oxidation sites excluding steroid dienone is 1. The number of carbonyl (C=O) groups is 2. The van der Waals surface area contributed by atoms with Crippen molar-refractivity contribution in [2.45, 2.75) is 51.7 Å². The average molecular weight is 322 g/mol. The van der Waals surface area contributed by atoms with E-state index in [-0.39, 0.29) is 29.8 Å². The molecule has 0 heterocycles. The van der Waals surface area contributed by atoms with Crippen LogP contribution in [0.1, 0.15) is 40.0 Å². The molecule has 2 aliphatic rings. The molecule has 0 spiro atoms. The third-order valence-corrected chi connectivity index (χ3v) is 5.32. The van der Waals surface area contributed by atoms with E-state index < -0.39 is 11.6 Å². The van der Waals surface area contributed by atoms with Crippen LogP contribution in [0.4, 0.5) is 0 Å². The summed E-state index contributed by atoms with van der Waals surface area (Å²) in [4.78, 5) is 23.2. The van der Waals surface area contributed by atoms with Crippen molar-refractivity contribution in [3.8, 4) is 0 Å². The zero-order chi connectivity index (χ0) is 17.4. The van der Waals surface area contributed by atoms with Crippen molar-refractivity contribution in [1.29, 1.82) is 0 Å². The lowest BCUT2D eigenvalue weighted by Crippen LogP contribution is -2.50. The molecule has 0 aromatic heterocycles. The number of carbonyl (C=O) groups excluding carboxylic acids is 2. The minimum Gasteiger partial charge on any atom is -0.466 e. The Labute approximate surface area is 137 Å². The molecule has 23 heavy (non-hydrogen) atoms. The van der Waals surface area contributed by atoms with Crippen LogP contribution in [-0.4, -0.2) is 35.9 Å². The van der Waals surface area contributed by atoms with Gasteiger partial charge in [0.2, 0.25) is 0 Å². The lowest BCUT2D eigenvalue weighted by atomic mass is 9.59. The largest absolute Gasteiger partial charge is 0.466 e. The normalized spacial score (nSPS) is 36.5. The fourth-order valence-corrected chi connectivity index (χ4v) is 4.02. The van der Waals surface area contributed by atoms with Crippen LogP contribution in [0.25, 0.3) is 0 Å². The molecule has 1 N–H and O–H groups in total. The van der Waals surface area contributed by atoms with E-state index in [0.29, 0.717) is 24.8 Å². The number of methoxy groups -OCH3 is 1. The van der Waals surface area contributed by atoms with Gasteiger partial charge in [-0.25, -0.2) is 4.79 Å². The highest BCUT2D eigenvalue weighted by atomic mass is 16.5. The van der Waals surface area contributed by atoms with Gasteiger partial charge in [0, 0.05) is 12.5 Å². The molecule has 1 saturated carbocycles. The quantitative estimate of drug-likeness (QED) is 0.491. The molecule has 0 amide bonds. The van der Waals surface area contributed by atoms with Crippen LogP contribution in [0.3, 0.4) is 0 Å². The maximum Gasteiger partial charge on any atom is 0.333 e. The van der Waals surface area contributed by atoms with Gasteiger partial charge in [-0.3, -0.25) is 4.79 Å². The second-order valence-electron chi connectivity index (χ2n) is 6.95. The molecule has 5 atom stereocenters. The first-order chi connectivity index (χ1) is 10.7. The lowest BCUT2D eigenvalue weighted by molar-refractivity contribution is -0.149. The zero-order valence-electron chi connectivity index (χ0n) is 14.3. The van der Waals surface area contributed by atoms with E-state index in [1.165, 1.54) is 14.0 Å². The van der Waals surface area contributed by atoms with E-state index in [2.05, 4.69) is 6.58 Å². The molecular weight excluding hydrogens is 296 g/mol. The Kier molecular flexibility index (Phi) is 4.99. The second-order valence-corrected chi connectivity index (χ2v) is 6.95. The Hall–Kier alpha value is -1.62. The van der Waals surface area contributed by atoms with E-state index in [4.69, 9.17) is 9.47 Å². The average Bonchev–Trinajstić information content (AvgIpc) is 2.47. The lowest BCUT2D eigenvalue weighted by Gasteiger charge is -2.49. The van der Waals surface area contributed by atoms with Crippen molar-refractivity contribution in [3.05, 3.63) is 23.8 Å². The van der Waals surface area contributed by atoms with E-state index >= 15 is 0 Å². The van der Waals surface area contributed by atoms with E-state index in [0.717, 1.165) is 5.57 Å². The summed E-state index contributed by atoms with van der Waals surface area (Å²) in [5, 5.41) is 10.8. The maximum absolute atomic E-state index is 11.9. The Balaban J connectivity index is 2.33. The third-order valence-electron chi connectivity index (χ3n) is 5.32. The Bertz CT molecular complexity index is 546. The molecule has 0 bridgehead atoms. The monoisotopic (exact) mass is 322 g/mol. The van der Waals surface area contributed by atoms with Crippen molar-refractivity contribution in [3.63, 3.8) is 0 Å². The number of aliphatic hydroxyl groups is 1. The van der Waals surface area contributed by atoms with Gasteiger partial charge in [0.1, 0.15) is 6.10 Å². The van der Waals surface area contributed by atoms with Crippen LogP contribution in [0.15, 0.2) is 23.8 Å². The van der Waals surface area contributed by atoms with Gasteiger partial charge < -0.3 is 14.6 Å². The molecule has 0 aromatic carbocycles. The predicted molar refractivity (Wildman–Crippen MR) is 85.4 cm³/mol. The first-order valence-electron chi connectivity index (χ1n) is 8.02. The first-order valence-corrected chi connectivity index (χ1v) is 8.02. The second kappa shape index (κ2) is 6.48. The van der Waals surface area contributed by atoms with Gasteiger partial charge in [0.05, 0.1) is 12.7 Å². The SMILES string of the molecule is C=C(C(=O)OC)[C@@H]1CC[C@](C)(O)[C@H]2C[C@H](OC(C)=O)C(C)=C[C@@H]12. The number of esters is 2. The van der Waals surface area contributed by atoms with E-state index in [1.807, 2.05) is 19.9 Å². The van der Waals surface area contributed by atoms with Crippen molar-refractivity contribution in [2.24, 2.45) is 17.8 Å². The number of fused-ring (bicyclic) bond motifs is 1. The van der Waals surface area contributed by atoms with Crippen LogP contribution in [0.2, 0.25) is 0 Å². The Morgan fingerprint density at radius 1 is 1.43 bits per heavy atom. The molecule has 0 aromatic rings. The maximum atomic E-state index is 11.9. The van der Waals surface area contributed by atoms with Gasteiger partial charge in [0.15, 0.2) is 0 Å². The van der Waals surface area contributed by atoms with Crippen LogP contribution in [0.5, 0.6) is 0 Å². The molecule has 2 aliphatic carbocycles. The van der Waals surface area contributed by atoms with Crippen molar-refractivity contribution in [1.82, 2.24) is 0 Å². The van der Waals surface area contributed by atoms with E-state index in [9.17, 15) is 14.7 Å². The summed E-state index contributed by atoms with van der Waals surface area (Å²) in [6, 6.07) is 0. The van der Waals surface area contributed by atoms with Crippen molar-refractivity contribution < 1.29 is 24.2 Å². The standard InChI is InChI=1S/C18H26O5/c1-10-8-14-13(11(2)17(20)22-5)6-7-18(4,21)15(14)9-16(10)23-12(3)19/h8,13-16,21H,2,6-7,9H2,1,3-5H3/t13-,14-,15-,16-,18-/m0/s1. The van der Waals surface area contributed by atoms with Crippen LogP contribution in [-0.2, 0) is 19.1 Å². The summed E-state index contributed by atoms with van der Waals surface area (Å²) in [5.74, 6) is -0.871. The molecule has 128 valence electrons. The first kappa shape index (κ1) is 17.7. The highest BCUT2D eigenvalue weighted by Crippen LogP contribution is 2.50. The van der Waals surface area contributed by atoms with Gasteiger partial charge in [-0.1, -0.05) is 12.7 Å². The van der Waals surface area contributed by atoms with Gasteiger partial charge in [-0.05, 0) is 56.4 Å². The minimum atomic E-state index is -0.854. The molecule has 2 rings (SSSR count). The molecular formula is C18H26O5. The van der Waals surface area contributed by atoms with Crippen molar-refractivity contribution in [2.75, 3.05) is 7.11 Å². The highest BCUT2D eigenvalue weighted by Gasteiger charge is 2.49. The molecule has 5 heteroatoms. The van der Waals surface area contributed by atoms with Crippen LogP contribution in [0, 0.1) is 17.8 Å².